The highest BCUT2D eigenvalue weighted by Gasteiger charge is 2.25. The molecule has 34 heavy (non-hydrogen) atoms. The number of aryl methyl sites for hydroxylation is 1. The van der Waals surface area contributed by atoms with E-state index in [-0.39, 0.29) is 0 Å². The molecule has 6 heteroatoms. The number of hydrogen-bond donors (Lipinski definition) is 1. The van der Waals surface area contributed by atoms with E-state index in [0.717, 1.165) is 67.0 Å². The molecule has 6 rings (SSSR count). The van der Waals surface area contributed by atoms with Crippen molar-refractivity contribution in [3.05, 3.63) is 76.8 Å². The topological polar surface area (TPSA) is 49.2 Å². The lowest BCUT2D eigenvalue weighted by atomic mass is 9.96. The molecule has 0 saturated carbocycles. The first-order valence-electron chi connectivity index (χ1n) is 11.9. The Balaban J connectivity index is 1.17. The van der Waals surface area contributed by atoms with E-state index < -0.39 is 0 Å². The number of rotatable bonds is 4. The van der Waals surface area contributed by atoms with E-state index >= 15 is 0 Å². The first-order valence-corrected chi connectivity index (χ1v) is 12.8. The zero-order valence-corrected chi connectivity index (χ0v) is 20.1. The molecule has 0 aliphatic carbocycles. The van der Waals surface area contributed by atoms with E-state index in [1.165, 1.54) is 15.8 Å². The van der Waals surface area contributed by atoms with E-state index in [4.69, 9.17) is 4.98 Å². The number of hydrogen-bond acceptors (Lipinski definition) is 4. The average molecular weight is 466 g/mol. The third-order valence-electron chi connectivity index (χ3n) is 6.87. The van der Waals surface area contributed by atoms with Gasteiger partial charge in [-0.05, 0) is 67.4 Å². The molecule has 4 aromatic heterocycles. The van der Waals surface area contributed by atoms with Gasteiger partial charge in [0.05, 0.1) is 22.3 Å². The maximum absolute atomic E-state index is 5.18. The summed E-state index contributed by atoms with van der Waals surface area (Å²) in [6.45, 7) is 5.35. The van der Waals surface area contributed by atoms with Gasteiger partial charge in [-0.3, -0.25) is 9.38 Å². The summed E-state index contributed by atoms with van der Waals surface area (Å²) in [5.74, 6) is 8.31. The van der Waals surface area contributed by atoms with Gasteiger partial charge in [-0.25, -0.2) is 4.98 Å². The largest absolute Gasteiger partial charge is 0.361 e. The van der Waals surface area contributed by atoms with Gasteiger partial charge in [0.2, 0.25) is 0 Å². The minimum atomic E-state index is 0.453. The number of H-pyrrole nitrogens is 1. The van der Waals surface area contributed by atoms with Crippen LogP contribution in [0.4, 0.5) is 0 Å². The molecular formula is C28H27N5S. The van der Waals surface area contributed by atoms with E-state index in [2.05, 4.69) is 79.9 Å². The normalized spacial score (nSPS) is 15.1. The van der Waals surface area contributed by atoms with Crippen LogP contribution < -0.4 is 0 Å². The molecule has 1 fully saturated rings. The molecule has 5 nitrogen and oxygen atoms in total. The van der Waals surface area contributed by atoms with Crippen molar-refractivity contribution < 1.29 is 0 Å². The number of fused-ring (bicyclic) bond motifs is 2. The fourth-order valence-electron chi connectivity index (χ4n) is 4.93. The zero-order chi connectivity index (χ0) is 22.9. The molecule has 1 aromatic carbocycles. The highest BCUT2D eigenvalue weighted by molar-refractivity contribution is 7.10. The van der Waals surface area contributed by atoms with E-state index in [1.54, 1.807) is 11.3 Å². The Kier molecular flexibility index (Phi) is 5.66. The number of piperidine rings is 1. The highest BCUT2D eigenvalue weighted by Crippen LogP contribution is 2.33. The fraction of sp³-hybridized carbons (Fsp3) is 0.286. The number of aromatic nitrogens is 4. The van der Waals surface area contributed by atoms with Gasteiger partial charge in [-0.2, -0.15) is 0 Å². The van der Waals surface area contributed by atoms with E-state index in [1.807, 2.05) is 18.6 Å². The predicted octanol–water partition coefficient (Wildman–Crippen LogP) is 5.87. The van der Waals surface area contributed by atoms with Crippen molar-refractivity contribution in [2.75, 3.05) is 19.6 Å². The van der Waals surface area contributed by atoms with Gasteiger partial charge in [0.1, 0.15) is 5.82 Å². The summed E-state index contributed by atoms with van der Waals surface area (Å²) in [6.07, 6.45) is 11.0. The van der Waals surface area contributed by atoms with Crippen LogP contribution in [0.2, 0.25) is 0 Å². The molecule has 0 radical (unpaired) electrons. The second kappa shape index (κ2) is 9.09. The smallest absolute Gasteiger partial charge is 0.117 e. The van der Waals surface area contributed by atoms with Gasteiger partial charge in [-0.1, -0.05) is 24.0 Å². The van der Waals surface area contributed by atoms with Crippen LogP contribution in [0.15, 0.2) is 60.5 Å². The second-order valence-electron chi connectivity index (χ2n) is 9.03. The Morgan fingerprint density at radius 3 is 2.94 bits per heavy atom. The second-order valence-corrected chi connectivity index (χ2v) is 9.95. The van der Waals surface area contributed by atoms with Crippen molar-refractivity contribution in [1.82, 2.24) is 24.3 Å². The minimum absolute atomic E-state index is 0.453. The maximum atomic E-state index is 5.18. The lowest BCUT2D eigenvalue weighted by Crippen LogP contribution is -2.34. The Morgan fingerprint density at radius 1 is 1.18 bits per heavy atom. The van der Waals surface area contributed by atoms with Crippen LogP contribution in [0, 0.1) is 18.8 Å². The number of imidazole rings is 1. The summed E-state index contributed by atoms with van der Waals surface area (Å²) >= 11 is 1.73. The first-order chi connectivity index (χ1) is 16.8. The molecule has 1 saturated heterocycles. The third kappa shape index (κ3) is 4.02. The van der Waals surface area contributed by atoms with Gasteiger partial charge in [-0.15, -0.1) is 11.3 Å². The quantitative estimate of drug-likeness (QED) is 0.338. The fourth-order valence-corrected chi connectivity index (χ4v) is 5.72. The van der Waals surface area contributed by atoms with Crippen LogP contribution in [-0.2, 0) is 0 Å². The number of nitrogens with one attached hydrogen (secondary N) is 1. The molecule has 1 N–H and O–H groups in total. The minimum Gasteiger partial charge on any atom is -0.361 e. The molecule has 0 unspecified atom stereocenters. The standard InChI is InChI=1S/C28H27N5S/c1-20-10-17-34-26(20)4-2-3-13-32-14-8-22(9-15-32)28-31-27(25-19-29-12-16-33(25)28)23-6-5-21-7-11-30-24(21)18-23/h5-7,10-12,16-19,22,30H,3,8-9,13-15H2,1H3. The Labute approximate surface area is 203 Å². The number of thiophene rings is 1. The van der Waals surface area contributed by atoms with E-state index in [9.17, 15) is 0 Å². The Hall–Kier alpha value is -3.40. The Bertz CT molecular complexity index is 1500. The van der Waals surface area contributed by atoms with Crippen molar-refractivity contribution in [1.29, 1.82) is 0 Å². The third-order valence-corrected chi connectivity index (χ3v) is 7.80. The van der Waals surface area contributed by atoms with Crippen LogP contribution in [0.5, 0.6) is 0 Å². The number of aromatic amines is 1. The van der Waals surface area contributed by atoms with E-state index in [0.29, 0.717) is 5.92 Å². The van der Waals surface area contributed by atoms with Gasteiger partial charge >= 0.3 is 0 Å². The summed E-state index contributed by atoms with van der Waals surface area (Å²) in [7, 11) is 0. The first kappa shape index (κ1) is 21.2. The van der Waals surface area contributed by atoms with Crippen LogP contribution in [0.1, 0.15) is 41.4 Å². The summed E-state index contributed by atoms with van der Waals surface area (Å²) in [5, 5.41) is 3.33. The molecule has 0 spiro atoms. The molecule has 0 amide bonds. The van der Waals surface area contributed by atoms with Crippen molar-refractivity contribution >= 4 is 27.8 Å². The number of benzene rings is 1. The molecule has 5 aromatic rings. The zero-order valence-electron chi connectivity index (χ0n) is 19.3. The van der Waals surface area contributed by atoms with Crippen LogP contribution >= 0.6 is 11.3 Å². The molecular weight excluding hydrogens is 438 g/mol. The van der Waals surface area contributed by atoms with Crippen molar-refractivity contribution in [2.45, 2.75) is 32.1 Å². The van der Waals surface area contributed by atoms with Crippen LogP contribution in [0.3, 0.4) is 0 Å². The summed E-state index contributed by atoms with van der Waals surface area (Å²) in [5.41, 5.74) is 5.64. The van der Waals surface area contributed by atoms with Gasteiger partial charge in [0.15, 0.2) is 0 Å². The van der Waals surface area contributed by atoms with Gasteiger partial charge in [0.25, 0.3) is 0 Å². The molecule has 0 bridgehead atoms. The molecule has 1 aliphatic heterocycles. The molecule has 170 valence electrons. The van der Waals surface area contributed by atoms with Gasteiger partial charge < -0.3 is 9.88 Å². The van der Waals surface area contributed by atoms with Crippen LogP contribution in [0.25, 0.3) is 27.7 Å². The van der Waals surface area contributed by atoms with Crippen LogP contribution in [-0.4, -0.2) is 43.9 Å². The maximum Gasteiger partial charge on any atom is 0.117 e. The Morgan fingerprint density at radius 2 is 2.09 bits per heavy atom. The van der Waals surface area contributed by atoms with Crippen molar-refractivity contribution in [3.8, 4) is 23.1 Å². The lowest BCUT2D eigenvalue weighted by Gasteiger charge is -2.30. The highest BCUT2D eigenvalue weighted by atomic mass is 32.1. The monoisotopic (exact) mass is 465 g/mol. The lowest BCUT2D eigenvalue weighted by molar-refractivity contribution is 0.213. The summed E-state index contributed by atoms with van der Waals surface area (Å²) < 4.78 is 2.25. The molecule has 1 aliphatic rings. The summed E-state index contributed by atoms with van der Waals surface area (Å²) in [6, 6.07) is 10.7. The summed E-state index contributed by atoms with van der Waals surface area (Å²) in [4.78, 5) is 16.6. The SMILES string of the molecule is Cc1ccsc1C#CCCN1CCC(c2nc(-c3ccc4cc[nH]c4c3)c3cnccn23)CC1. The van der Waals surface area contributed by atoms with Gasteiger partial charge in [0, 0.05) is 48.6 Å². The van der Waals surface area contributed by atoms with Crippen molar-refractivity contribution in [2.24, 2.45) is 0 Å². The number of likely N-dealkylation sites (tertiary alicyclic amines) is 1. The van der Waals surface area contributed by atoms with Crippen molar-refractivity contribution in [3.63, 3.8) is 0 Å². The molecule has 0 atom stereocenters. The molecule has 5 heterocycles. The average Bonchev–Trinajstić information content (AvgIpc) is 3.60. The number of nitrogens with zero attached hydrogens (tertiary/aromatic N) is 4. The predicted molar refractivity (Wildman–Crippen MR) is 139 cm³/mol.